The molecule has 1 unspecified atom stereocenters. The van der Waals surface area contributed by atoms with Gasteiger partial charge in [-0.25, -0.2) is 4.39 Å². The number of amides is 1. The molecule has 0 spiro atoms. The molecule has 5 nitrogen and oxygen atoms in total. The molecule has 0 aromatic heterocycles. The molecule has 1 amide bonds. The Kier molecular flexibility index (Phi) is 8.93. The van der Waals surface area contributed by atoms with Gasteiger partial charge in [-0.05, 0) is 54.5 Å². The Morgan fingerprint density at radius 1 is 1.06 bits per heavy atom. The fourth-order valence-electron chi connectivity index (χ4n) is 4.98. The number of hydrogen-bond donors (Lipinski definition) is 0. The van der Waals surface area contributed by atoms with Gasteiger partial charge in [-0.2, -0.15) is 0 Å². The largest absolute Gasteiger partial charge is 0.350 e. The van der Waals surface area contributed by atoms with Crippen molar-refractivity contribution in [3.8, 4) is 0 Å². The second kappa shape index (κ2) is 12.1. The number of rotatable bonds is 9. The number of piperidine rings is 1. The normalized spacial score (nSPS) is 21.5. The fraction of sp³-hybridized carbons (Fsp3) is 0.552. The second-order valence-corrected chi connectivity index (χ2v) is 10.3. The molecule has 2 heterocycles. The number of benzene rings is 2. The van der Waals surface area contributed by atoms with Crippen LogP contribution in [0.5, 0.6) is 0 Å². The van der Waals surface area contributed by atoms with Gasteiger partial charge < -0.3 is 19.3 Å². The molecule has 2 aromatic carbocycles. The third-order valence-corrected chi connectivity index (χ3v) is 7.17. The molecule has 0 N–H and O–H groups in total. The molecule has 6 heteroatoms. The van der Waals surface area contributed by atoms with Crippen LogP contribution in [0.4, 0.5) is 4.39 Å². The molecule has 35 heavy (non-hydrogen) atoms. The standard InChI is InChI=1S/C29H39FN2O3/c1-21(2)25-8-4-23(5-9-25)18-28(33)32(19-24-6-10-26(30)11-7-24)27-12-15-31(16-13-27)17-14-29-34-20-22(3)35-29/h4-11,21-22,27,29H,12-20H2,1-3H3/t22-,29?/m0/s1. The Balaban J connectivity index is 1.37. The smallest absolute Gasteiger partial charge is 0.227 e. The van der Waals surface area contributed by atoms with Crippen LogP contribution in [0.1, 0.15) is 62.6 Å². The van der Waals surface area contributed by atoms with Crippen LogP contribution in [-0.2, 0) is 27.2 Å². The van der Waals surface area contributed by atoms with E-state index in [4.69, 9.17) is 9.47 Å². The average Bonchev–Trinajstić information content (AvgIpc) is 3.28. The van der Waals surface area contributed by atoms with E-state index in [0.717, 1.165) is 50.0 Å². The predicted molar refractivity (Wildman–Crippen MR) is 136 cm³/mol. The number of ether oxygens (including phenoxy) is 2. The lowest BCUT2D eigenvalue weighted by molar-refractivity contribution is -0.134. The molecule has 0 saturated carbocycles. The van der Waals surface area contributed by atoms with Crippen molar-refractivity contribution in [1.29, 1.82) is 0 Å². The lowest BCUT2D eigenvalue weighted by Gasteiger charge is -2.39. The molecule has 190 valence electrons. The van der Waals surface area contributed by atoms with Crippen LogP contribution in [0.15, 0.2) is 48.5 Å². The Bertz CT molecular complexity index is 939. The molecule has 2 fully saturated rings. The van der Waals surface area contributed by atoms with Gasteiger partial charge in [0.15, 0.2) is 6.29 Å². The minimum atomic E-state index is -0.255. The number of carbonyl (C=O) groups is 1. The van der Waals surface area contributed by atoms with E-state index < -0.39 is 0 Å². The number of carbonyl (C=O) groups excluding carboxylic acids is 1. The van der Waals surface area contributed by atoms with E-state index >= 15 is 0 Å². The highest BCUT2D eigenvalue weighted by molar-refractivity contribution is 5.79. The van der Waals surface area contributed by atoms with E-state index in [1.807, 2.05) is 11.8 Å². The first kappa shape index (κ1) is 25.8. The first-order valence-corrected chi connectivity index (χ1v) is 13.0. The summed E-state index contributed by atoms with van der Waals surface area (Å²) in [6, 6.07) is 15.1. The Morgan fingerprint density at radius 3 is 2.31 bits per heavy atom. The van der Waals surface area contributed by atoms with Crippen molar-refractivity contribution in [3.63, 3.8) is 0 Å². The molecule has 2 aliphatic heterocycles. The van der Waals surface area contributed by atoms with Crippen LogP contribution in [-0.4, -0.2) is 60.4 Å². The predicted octanol–water partition coefficient (Wildman–Crippen LogP) is 5.14. The third kappa shape index (κ3) is 7.35. The summed E-state index contributed by atoms with van der Waals surface area (Å²) in [7, 11) is 0. The van der Waals surface area contributed by atoms with Crippen LogP contribution >= 0.6 is 0 Å². The van der Waals surface area contributed by atoms with Crippen molar-refractivity contribution in [2.75, 3.05) is 26.2 Å². The molecule has 0 radical (unpaired) electrons. The molecule has 2 saturated heterocycles. The Hall–Kier alpha value is -2.28. The van der Waals surface area contributed by atoms with E-state index in [1.165, 1.54) is 17.7 Å². The number of likely N-dealkylation sites (tertiary alicyclic amines) is 1. The van der Waals surface area contributed by atoms with Gasteiger partial charge in [0.05, 0.1) is 19.1 Å². The van der Waals surface area contributed by atoms with Gasteiger partial charge in [0, 0.05) is 38.6 Å². The van der Waals surface area contributed by atoms with Crippen molar-refractivity contribution in [1.82, 2.24) is 9.80 Å². The summed E-state index contributed by atoms with van der Waals surface area (Å²) in [5, 5.41) is 0. The highest BCUT2D eigenvalue weighted by Crippen LogP contribution is 2.23. The summed E-state index contributed by atoms with van der Waals surface area (Å²) < 4.78 is 24.9. The number of halogens is 1. The van der Waals surface area contributed by atoms with Crippen LogP contribution in [0.3, 0.4) is 0 Å². The van der Waals surface area contributed by atoms with E-state index in [1.54, 1.807) is 12.1 Å². The van der Waals surface area contributed by atoms with Crippen LogP contribution in [0, 0.1) is 5.82 Å². The SMILES string of the molecule is CC(C)c1ccc(CC(=O)N(Cc2ccc(F)cc2)C2CCN(CCC3OC[C@H](C)O3)CC2)cc1. The topological polar surface area (TPSA) is 42.0 Å². The summed E-state index contributed by atoms with van der Waals surface area (Å²) in [5.41, 5.74) is 3.27. The molecule has 4 rings (SSSR count). The minimum Gasteiger partial charge on any atom is -0.350 e. The summed E-state index contributed by atoms with van der Waals surface area (Å²) in [6.45, 7) is 10.4. The van der Waals surface area contributed by atoms with E-state index in [9.17, 15) is 9.18 Å². The lowest BCUT2D eigenvalue weighted by atomic mass is 9.99. The van der Waals surface area contributed by atoms with Crippen LogP contribution in [0.25, 0.3) is 0 Å². The minimum absolute atomic E-state index is 0.0960. The maximum atomic E-state index is 13.5. The lowest BCUT2D eigenvalue weighted by Crippen LogP contribution is -2.48. The molecule has 0 aliphatic carbocycles. The highest BCUT2D eigenvalue weighted by atomic mass is 19.1. The molecule has 2 atom stereocenters. The van der Waals surface area contributed by atoms with Gasteiger partial charge in [0.25, 0.3) is 0 Å². The monoisotopic (exact) mass is 482 g/mol. The average molecular weight is 483 g/mol. The Labute approximate surface area is 209 Å². The van der Waals surface area contributed by atoms with Crippen molar-refractivity contribution >= 4 is 5.91 Å². The summed E-state index contributed by atoms with van der Waals surface area (Å²) in [5.74, 6) is 0.344. The third-order valence-electron chi connectivity index (χ3n) is 7.17. The van der Waals surface area contributed by atoms with Gasteiger partial charge in [-0.1, -0.05) is 50.2 Å². The summed E-state index contributed by atoms with van der Waals surface area (Å²) >= 11 is 0. The van der Waals surface area contributed by atoms with E-state index in [-0.39, 0.29) is 30.2 Å². The zero-order valence-corrected chi connectivity index (χ0v) is 21.3. The molecule has 2 aromatic rings. The van der Waals surface area contributed by atoms with E-state index in [0.29, 0.717) is 25.5 Å². The van der Waals surface area contributed by atoms with Crippen LogP contribution < -0.4 is 0 Å². The maximum Gasteiger partial charge on any atom is 0.227 e. The van der Waals surface area contributed by atoms with E-state index in [2.05, 4.69) is 43.0 Å². The van der Waals surface area contributed by atoms with Crippen LogP contribution in [0.2, 0.25) is 0 Å². The molecule has 2 aliphatic rings. The molecular formula is C29H39FN2O3. The first-order valence-electron chi connectivity index (χ1n) is 13.0. The van der Waals surface area contributed by atoms with Crippen molar-refractivity contribution in [3.05, 3.63) is 71.0 Å². The van der Waals surface area contributed by atoms with Crippen molar-refractivity contribution < 1.29 is 18.7 Å². The second-order valence-electron chi connectivity index (χ2n) is 10.3. The summed E-state index contributed by atoms with van der Waals surface area (Å²) in [6.07, 6.45) is 3.21. The quantitative estimate of drug-likeness (QED) is 0.497. The fourth-order valence-corrected chi connectivity index (χ4v) is 4.98. The number of nitrogens with zero attached hydrogens (tertiary/aromatic N) is 2. The zero-order valence-electron chi connectivity index (χ0n) is 21.3. The zero-order chi connectivity index (χ0) is 24.8. The maximum absolute atomic E-state index is 13.5. The Morgan fingerprint density at radius 2 is 1.71 bits per heavy atom. The van der Waals surface area contributed by atoms with Gasteiger partial charge in [-0.15, -0.1) is 0 Å². The molecule has 0 bridgehead atoms. The van der Waals surface area contributed by atoms with Gasteiger partial charge in [-0.3, -0.25) is 4.79 Å². The van der Waals surface area contributed by atoms with Gasteiger partial charge in [0.1, 0.15) is 5.82 Å². The molecular weight excluding hydrogens is 443 g/mol. The van der Waals surface area contributed by atoms with Crippen molar-refractivity contribution in [2.45, 2.75) is 77.4 Å². The first-order chi connectivity index (χ1) is 16.9. The van der Waals surface area contributed by atoms with Gasteiger partial charge >= 0.3 is 0 Å². The number of hydrogen-bond acceptors (Lipinski definition) is 4. The summed E-state index contributed by atoms with van der Waals surface area (Å²) in [4.78, 5) is 18.0. The van der Waals surface area contributed by atoms with Crippen molar-refractivity contribution in [2.24, 2.45) is 0 Å². The van der Waals surface area contributed by atoms with Gasteiger partial charge in [0.2, 0.25) is 5.91 Å². The highest BCUT2D eigenvalue weighted by Gasteiger charge is 2.29.